The largest absolute Gasteiger partial charge is 0.0876 e. The van der Waals surface area contributed by atoms with Gasteiger partial charge in [0.05, 0.1) is 5.33 Å². The second kappa shape index (κ2) is 6.78. The molecule has 90 valence electrons. The van der Waals surface area contributed by atoms with E-state index in [9.17, 15) is 0 Å². The quantitative estimate of drug-likeness (QED) is 0.520. The molecule has 2 rings (SSSR count). The van der Waals surface area contributed by atoms with Gasteiger partial charge in [0.1, 0.15) is 0 Å². The van der Waals surface area contributed by atoms with Crippen molar-refractivity contribution in [2.24, 2.45) is 0 Å². The molecule has 0 fully saturated rings. The van der Waals surface area contributed by atoms with Gasteiger partial charge >= 0.3 is 0 Å². The number of alkyl halides is 2. The smallest absolute Gasteiger partial charge is 0.0649 e. The highest BCUT2D eigenvalue weighted by Crippen LogP contribution is 2.20. The van der Waals surface area contributed by atoms with E-state index in [0.717, 1.165) is 10.9 Å². The SMILES string of the molecule is BrCC#Cc1ccc(-c2ccc(CBr)cc2)cc1. The fraction of sp³-hybridized carbons (Fsp3) is 0.125. The first kappa shape index (κ1) is 13.4. The molecule has 2 aromatic carbocycles. The van der Waals surface area contributed by atoms with Crippen molar-refractivity contribution in [3.05, 3.63) is 59.7 Å². The molecule has 0 atom stereocenters. The average molecular weight is 364 g/mol. The van der Waals surface area contributed by atoms with Gasteiger partial charge in [-0.3, -0.25) is 0 Å². The topological polar surface area (TPSA) is 0 Å². The monoisotopic (exact) mass is 362 g/mol. The van der Waals surface area contributed by atoms with Crippen molar-refractivity contribution in [2.75, 3.05) is 5.33 Å². The molecule has 0 spiro atoms. The molecule has 0 aliphatic rings. The summed E-state index contributed by atoms with van der Waals surface area (Å²) in [6.07, 6.45) is 0. The molecular formula is C16H12Br2. The van der Waals surface area contributed by atoms with Gasteiger partial charge in [-0.2, -0.15) is 0 Å². The molecule has 0 aliphatic carbocycles. The Labute approximate surface area is 125 Å². The lowest BCUT2D eigenvalue weighted by Gasteiger charge is -2.03. The summed E-state index contributed by atoms with van der Waals surface area (Å²) in [6, 6.07) is 16.9. The predicted octanol–water partition coefficient (Wildman–Crippen LogP) is 4.99. The van der Waals surface area contributed by atoms with Crippen molar-refractivity contribution < 1.29 is 0 Å². The highest BCUT2D eigenvalue weighted by atomic mass is 79.9. The van der Waals surface area contributed by atoms with Crippen LogP contribution in [0.2, 0.25) is 0 Å². The van der Waals surface area contributed by atoms with Gasteiger partial charge in [-0.15, -0.1) is 0 Å². The van der Waals surface area contributed by atoms with Crippen LogP contribution in [-0.4, -0.2) is 5.33 Å². The second-order valence-corrected chi connectivity index (χ2v) is 4.96. The summed E-state index contributed by atoms with van der Waals surface area (Å²) in [5, 5.41) is 1.61. The molecule has 0 radical (unpaired) electrons. The van der Waals surface area contributed by atoms with E-state index in [2.05, 4.69) is 92.2 Å². The summed E-state index contributed by atoms with van der Waals surface area (Å²) in [6.45, 7) is 0. The van der Waals surface area contributed by atoms with Crippen LogP contribution >= 0.6 is 31.9 Å². The lowest BCUT2D eigenvalue weighted by Crippen LogP contribution is -1.81. The first-order valence-electron chi connectivity index (χ1n) is 5.63. The molecule has 0 amide bonds. The van der Waals surface area contributed by atoms with E-state index in [0.29, 0.717) is 5.33 Å². The molecule has 2 aromatic rings. The third kappa shape index (κ3) is 3.48. The lowest BCUT2D eigenvalue weighted by atomic mass is 10.0. The summed E-state index contributed by atoms with van der Waals surface area (Å²) in [7, 11) is 0. The maximum Gasteiger partial charge on any atom is 0.0649 e. The first-order chi connectivity index (χ1) is 8.83. The normalized spacial score (nSPS) is 9.67. The molecule has 0 aliphatic heterocycles. The minimum atomic E-state index is 0.711. The Morgan fingerprint density at radius 3 is 1.83 bits per heavy atom. The second-order valence-electron chi connectivity index (χ2n) is 3.84. The van der Waals surface area contributed by atoms with Crippen molar-refractivity contribution in [3.63, 3.8) is 0 Å². The van der Waals surface area contributed by atoms with Gasteiger partial charge in [0.2, 0.25) is 0 Å². The minimum Gasteiger partial charge on any atom is -0.0876 e. The van der Waals surface area contributed by atoms with Gasteiger partial charge in [0.15, 0.2) is 0 Å². The van der Waals surface area contributed by atoms with Gasteiger partial charge in [0.25, 0.3) is 0 Å². The first-order valence-corrected chi connectivity index (χ1v) is 7.88. The molecule has 0 nitrogen and oxygen atoms in total. The Balaban J connectivity index is 2.22. The van der Waals surface area contributed by atoms with Crippen molar-refractivity contribution in [1.29, 1.82) is 0 Å². The van der Waals surface area contributed by atoms with E-state index in [1.807, 2.05) is 0 Å². The van der Waals surface area contributed by atoms with Crippen LogP contribution in [0.1, 0.15) is 11.1 Å². The fourth-order valence-electron chi connectivity index (χ4n) is 1.67. The van der Waals surface area contributed by atoms with Crippen molar-refractivity contribution in [2.45, 2.75) is 5.33 Å². The Bertz CT molecular complexity index is 557. The summed E-state index contributed by atoms with van der Waals surface area (Å²) in [5.41, 5.74) is 4.80. The van der Waals surface area contributed by atoms with E-state index >= 15 is 0 Å². The summed E-state index contributed by atoms with van der Waals surface area (Å²) < 4.78 is 0. The van der Waals surface area contributed by atoms with Crippen LogP contribution in [0.3, 0.4) is 0 Å². The zero-order valence-corrected chi connectivity index (χ0v) is 13.0. The molecule has 0 N–H and O–H groups in total. The summed E-state index contributed by atoms with van der Waals surface area (Å²) in [5.74, 6) is 6.09. The molecular weight excluding hydrogens is 352 g/mol. The molecule has 0 aromatic heterocycles. The number of hydrogen-bond acceptors (Lipinski definition) is 0. The zero-order valence-electron chi connectivity index (χ0n) is 9.79. The average Bonchev–Trinajstić information content (AvgIpc) is 2.46. The van der Waals surface area contributed by atoms with Crippen LogP contribution < -0.4 is 0 Å². The highest BCUT2D eigenvalue weighted by Gasteiger charge is 1.97. The third-order valence-electron chi connectivity index (χ3n) is 2.63. The van der Waals surface area contributed by atoms with Crippen LogP contribution in [-0.2, 0) is 5.33 Å². The van der Waals surface area contributed by atoms with Crippen LogP contribution in [0.25, 0.3) is 11.1 Å². The van der Waals surface area contributed by atoms with E-state index in [-0.39, 0.29) is 0 Å². The fourth-order valence-corrected chi connectivity index (χ4v) is 2.18. The lowest BCUT2D eigenvalue weighted by molar-refractivity contribution is 1.43. The number of rotatable bonds is 2. The zero-order chi connectivity index (χ0) is 12.8. The van der Waals surface area contributed by atoms with Crippen molar-refractivity contribution >= 4 is 31.9 Å². The molecule has 2 heteroatoms. The molecule has 0 saturated carbocycles. The number of halogens is 2. The molecule has 0 bridgehead atoms. The van der Waals surface area contributed by atoms with E-state index < -0.39 is 0 Å². The summed E-state index contributed by atoms with van der Waals surface area (Å²) >= 11 is 6.75. The van der Waals surface area contributed by atoms with Gasteiger partial charge < -0.3 is 0 Å². The van der Waals surface area contributed by atoms with Crippen LogP contribution in [0, 0.1) is 11.8 Å². The summed E-state index contributed by atoms with van der Waals surface area (Å²) in [4.78, 5) is 0. The van der Waals surface area contributed by atoms with Gasteiger partial charge in [0, 0.05) is 10.9 Å². The molecule has 0 saturated heterocycles. The van der Waals surface area contributed by atoms with Crippen LogP contribution in [0.4, 0.5) is 0 Å². The minimum absolute atomic E-state index is 0.711. The number of hydrogen-bond donors (Lipinski definition) is 0. The van der Waals surface area contributed by atoms with E-state index in [4.69, 9.17) is 0 Å². The van der Waals surface area contributed by atoms with Crippen molar-refractivity contribution in [3.8, 4) is 23.0 Å². The maximum absolute atomic E-state index is 3.45. The Hall–Kier alpha value is -1.04. The Morgan fingerprint density at radius 2 is 1.33 bits per heavy atom. The molecule has 0 heterocycles. The van der Waals surface area contributed by atoms with Crippen LogP contribution in [0.15, 0.2) is 48.5 Å². The van der Waals surface area contributed by atoms with Gasteiger partial charge in [-0.05, 0) is 28.8 Å². The standard InChI is InChI=1S/C16H12Br2/c17-11-1-2-13-3-7-15(8-4-13)16-9-5-14(12-18)6-10-16/h3-10H,11-12H2. The van der Waals surface area contributed by atoms with Gasteiger partial charge in [-0.25, -0.2) is 0 Å². The third-order valence-corrected chi connectivity index (χ3v) is 3.55. The number of benzene rings is 2. The predicted molar refractivity (Wildman–Crippen MR) is 85.2 cm³/mol. The van der Waals surface area contributed by atoms with Crippen LogP contribution in [0.5, 0.6) is 0 Å². The highest BCUT2D eigenvalue weighted by molar-refractivity contribution is 9.09. The van der Waals surface area contributed by atoms with E-state index in [1.54, 1.807) is 0 Å². The maximum atomic E-state index is 3.45. The van der Waals surface area contributed by atoms with Crippen molar-refractivity contribution in [1.82, 2.24) is 0 Å². The molecule has 0 unspecified atom stereocenters. The Morgan fingerprint density at radius 1 is 0.778 bits per heavy atom. The molecule has 18 heavy (non-hydrogen) atoms. The Kier molecular flexibility index (Phi) is 5.04. The van der Waals surface area contributed by atoms with Gasteiger partial charge in [-0.1, -0.05) is 80.1 Å². The van der Waals surface area contributed by atoms with E-state index in [1.165, 1.54) is 16.7 Å².